The first-order valence-corrected chi connectivity index (χ1v) is 8.77. The summed E-state index contributed by atoms with van der Waals surface area (Å²) in [6, 6.07) is 0.563. The number of carbonyl (C=O) groups excluding carboxylic acids is 1. The zero-order valence-electron chi connectivity index (χ0n) is 13.5. The van der Waals surface area contributed by atoms with Crippen molar-refractivity contribution in [2.24, 2.45) is 5.92 Å². The number of hydrogen-bond donors (Lipinski definition) is 1. The maximum atomic E-state index is 12.8. The molecule has 2 rings (SSSR count). The number of unbranched alkanes of at least 4 members (excludes halogenated alkanes) is 1. The third-order valence-corrected chi connectivity index (χ3v) is 5.11. The van der Waals surface area contributed by atoms with E-state index in [1.807, 2.05) is 0 Å². The van der Waals surface area contributed by atoms with Gasteiger partial charge in [-0.05, 0) is 31.6 Å². The molecule has 1 N–H and O–H groups in total. The summed E-state index contributed by atoms with van der Waals surface area (Å²) in [7, 11) is 0. The van der Waals surface area contributed by atoms with E-state index in [9.17, 15) is 4.79 Å². The molecule has 4 atom stereocenters. The van der Waals surface area contributed by atoms with Gasteiger partial charge in [-0.3, -0.25) is 10.1 Å². The van der Waals surface area contributed by atoms with Gasteiger partial charge in [0, 0.05) is 6.04 Å². The number of carbonyl (C=O) groups is 1. The Hall–Kier alpha value is -0.570. The fourth-order valence-electron chi connectivity index (χ4n) is 3.93. The van der Waals surface area contributed by atoms with Gasteiger partial charge in [0.05, 0.1) is 12.2 Å². The van der Waals surface area contributed by atoms with Crippen molar-refractivity contribution in [3.8, 4) is 0 Å². The fourth-order valence-corrected chi connectivity index (χ4v) is 3.93. The fraction of sp³-hybridized carbons (Fsp3) is 0.941. The largest absolute Gasteiger partial charge is 0.323 e. The van der Waals surface area contributed by atoms with Crippen LogP contribution < -0.4 is 5.32 Å². The highest BCUT2D eigenvalue weighted by atomic mass is 16.2. The van der Waals surface area contributed by atoms with E-state index in [4.69, 9.17) is 0 Å². The van der Waals surface area contributed by atoms with Crippen LogP contribution in [0.1, 0.15) is 78.6 Å². The van der Waals surface area contributed by atoms with Gasteiger partial charge in [0.25, 0.3) is 0 Å². The van der Waals surface area contributed by atoms with Gasteiger partial charge in [-0.2, -0.15) is 0 Å². The zero-order chi connectivity index (χ0) is 14.5. The van der Waals surface area contributed by atoms with Crippen LogP contribution in [0, 0.1) is 5.92 Å². The molecule has 1 heterocycles. The topological polar surface area (TPSA) is 32.3 Å². The van der Waals surface area contributed by atoms with Crippen molar-refractivity contribution in [3.63, 3.8) is 0 Å². The highest BCUT2D eigenvalue weighted by Crippen LogP contribution is 2.32. The second kappa shape index (κ2) is 7.44. The maximum absolute atomic E-state index is 12.8. The lowest BCUT2D eigenvalue weighted by atomic mass is 9.84. The predicted octanol–water partition coefficient (Wildman–Crippen LogP) is 3.68. The van der Waals surface area contributed by atoms with Crippen molar-refractivity contribution in [3.05, 3.63) is 0 Å². The molecule has 2 aliphatic rings. The van der Waals surface area contributed by atoms with E-state index in [1.54, 1.807) is 0 Å². The van der Waals surface area contributed by atoms with Crippen molar-refractivity contribution in [1.82, 2.24) is 10.2 Å². The number of hydrogen-bond acceptors (Lipinski definition) is 2. The average Bonchev–Trinajstić information content (AvgIpc) is 2.74. The second-order valence-electron chi connectivity index (χ2n) is 6.74. The summed E-state index contributed by atoms with van der Waals surface area (Å²) in [6.07, 6.45) is 11.0. The molecule has 0 radical (unpaired) electrons. The van der Waals surface area contributed by atoms with Gasteiger partial charge in [0.15, 0.2) is 0 Å². The molecule has 116 valence electrons. The van der Waals surface area contributed by atoms with Crippen LogP contribution in [0.25, 0.3) is 0 Å². The Labute approximate surface area is 124 Å². The summed E-state index contributed by atoms with van der Waals surface area (Å²) in [5, 5.41) is 3.62. The Morgan fingerprint density at radius 2 is 1.90 bits per heavy atom. The average molecular weight is 280 g/mol. The Morgan fingerprint density at radius 3 is 2.55 bits per heavy atom. The van der Waals surface area contributed by atoms with Crippen LogP contribution in [0.15, 0.2) is 0 Å². The van der Waals surface area contributed by atoms with Crippen LogP contribution in [-0.2, 0) is 4.79 Å². The minimum Gasteiger partial charge on any atom is -0.323 e. The smallest absolute Gasteiger partial charge is 0.241 e. The molecule has 1 saturated heterocycles. The van der Waals surface area contributed by atoms with E-state index in [-0.39, 0.29) is 6.04 Å². The molecule has 0 aromatic heterocycles. The quantitative estimate of drug-likeness (QED) is 0.805. The third-order valence-electron chi connectivity index (χ3n) is 5.11. The Kier molecular flexibility index (Phi) is 5.88. The molecule has 0 bridgehead atoms. The highest BCUT2D eigenvalue weighted by Gasteiger charge is 2.43. The van der Waals surface area contributed by atoms with Gasteiger partial charge in [-0.1, -0.05) is 52.9 Å². The lowest BCUT2D eigenvalue weighted by Crippen LogP contribution is -2.48. The van der Waals surface area contributed by atoms with Gasteiger partial charge in [-0.15, -0.1) is 0 Å². The van der Waals surface area contributed by atoms with Gasteiger partial charge < -0.3 is 4.90 Å². The summed E-state index contributed by atoms with van der Waals surface area (Å²) >= 11 is 0. The Balaban J connectivity index is 2.07. The first-order chi connectivity index (χ1) is 9.69. The lowest BCUT2D eigenvalue weighted by molar-refractivity contribution is -0.134. The monoisotopic (exact) mass is 280 g/mol. The molecule has 0 aromatic carbocycles. The third kappa shape index (κ3) is 3.36. The molecule has 1 aliphatic carbocycles. The van der Waals surface area contributed by atoms with Gasteiger partial charge in [0.2, 0.25) is 5.91 Å². The number of rotatable bonds is 6. The van der Waals surface area contributed by atoms with E-state index in [2.05, 4.69) is 31.0 Å². The van der Waals surface area contributed by atoms with Crippen LogP contribution in [0.4, 0.5) is 0 Å². The standard InChI is InChI=1S/C17H32N2O/c1-4-6-11-14-17(20)19(16(18-14)9-5-2)15-12-8-7-10-13(15)3/h13-16,18H,4-12H2,1-3H3. The van der Waals surface area contributed by atoms with E-state index >= 15 is 0 Å². The van der Waals surface area contributed by atoms with Crippen molar-refractivity contribution in [2.75, 3.05) is 0 Å². The molecule has 1 saturated carbocycles. The number of nitrogens with zero attached hydrogens (tertiary/aromatic N) is 1. The van der Waals surface area contributed by atoms with Crippen LogP contribution in [0.3, 0.4) is 0 Å². The van der Waals surface area contributed by atoms with Crippen LogP contribution in [0.5, 0.6) is 0 Å². The molecule has 4 unspecified atom stereocenters. The molecule has 3 heteroatoms. The summed E-state index contributed by atoms with van der Waals surface area (Å²) in [4.78, 5) is 15.0. The van der Waals surface area contributed by atoms with Gasteiger partial charge in [0.1, 0.15) is 0 Å². The lowest BCUT2D eigenvalue weighted by Gasteiger charge is -2.39. The molecule has 2 fully saturated rings. The normalized spacial score (nSPS) is 34.8. The number of nitrogens with one attached hydrogen (secondary N) is 1. The van der Waals surface area contributed by atoms with E-state index in [0.717, 1.165) is 25.7 Å². The SMILES string of the molecule is CCCCC1NC(CCC)N(C2CCCCC2C)C1=O. The summed E-state index contributed by atoms with van der Waals surface area (Å²) < 4.78 is 0. The second-order valence-corrected chi connectivity index (χ2v) is 6.74. The molecule has 3 nitrogen and oxygen atoms in total. The van der Waals surface area contributed by atoms with E-state index in [0.29, 0.717) is 24.0 Å². The predicted molar refractivity (Wildman–Crippen MR) is 83.4 cm³/mol. The molecule has 1 aliphatic heterocycles. The van der Waals surface area contributed by atoms with Crippen LogP contribution in [0.2, 0.25) is 0 Å². The zero-order valence-corrected chi connectivity index (χ0v) is 13.5. The first-order valence-electron chi connectivity index (χ1n) is 8.77. The van der Waals surface area contributed by atoms with Crippen molar-refractivity contribution in [1.29, 1.82) is 0 Å². The van der Waals surface area contributed by atoms with Crippen molar-refractivity contribution >= 4 is 5.91 Å². The summed E-state index contributed by atoms with van der Waals surface area (Å²) in [5.74, 6) is 1.05. The van der Waals surface area contributed by atoms with E-state index < -0.39 is 0 Å². The number of amides is 1. The Bertz CT molecular complexity index is 318. The van der Waals surface area contributed by atoms with Gasteiger partial charge >= 0.3 is 0 Å². The molecular formula is C17H32N2O. The highest BCUT2D eigenvalue weighted by molar-refractivity contribution is 5.84. The molecular weight excluding hydrogens is 248 g/mol. The first kappa shape index (κ1) is 15.8. The molecule has 20 heavy (non-hydrogen) atoms. The Morgan fingerprint density at radius 1 is 1.15 bits per heavy atom. The van der Waals surface area contributed by atoms with E-state index in [1.165, 1.54) is 32.1 Å². The van der Waals surface area contributed by atoms with Gasteiger partial charge in [-0.25, -0.2) is 0 Å². The van der Waals surface area contributed by atoms with Crippen molar-refractivity contribution < 1.29 is 4.79 Å². The maximum Gasteiger partial charge on any atom is 0.241 e. The molecule has 0 aromatic rings. The minimum absolute atomic E-state index is 0.0839. The van der Waals surface area contributed by atoms with Crippen molar-refractivity contribution in [2.45, 2.75) is 96.8 Å². The van der Waals surface area contributed by atoms with Crippen LogP contribution in [-0.4, -0.2) is 29.1 Å². The minimum atomic E-state index is 0.0839. The van der Waals surface area contributed by atoms with Crippen LogP contribution >= 0.6 is 0 Å². The summed E-state index contributed by atoms with van der Waals surface area (Å²) in [5.41, 5.74) is 0. The summed E-state index contributed by atoms with van der Waals surface area (Å²) in [6.45, 7) is 6.75. The molecule has 1 amide bonds. The molecule has 0 spiro atoms.